The van der Waals surface area contributed by atoms with Crippen LogP contribution in [0.15, 0.2) is 18.2 Å². The van der Waals surface area contributed by atoms with Gasteiger partial charge < -0.3 is 15.5 Å². The molecule has 2 amide bonds. The quantitative estimate of drug-likeness (QED) is 0.709. The van der Waals surface area contributed by atoms with E-state index in [9.17, 15) is 4.79 Å². The van der Waals surface area contributed by atoms with E-state index in [0.29, 0.717) is 6.54 Å². The number of rotatable bonds is 1. The first-order valence-corrected chi connectivity index (χ1v) is 4.53. The van der Waals surface area contributed by atoms with E-state index < -0.39 is 0 Å². The second-order valence-corrected chi connectivity index (χ2v) is 3.41. The molecule has 0 spiro atoms. The van der Waals surface area contributed by atoms with Crippen LogP contribution in [0.1, 0.15) is 5.56 Å². The van der Waals surface area contributed by atoms with Crippen LogP contribution in [-0.2, 0) is 6.54 Å². The summed E-state index contributed by atoms with van der Waals surface area (Å²) in [5, 5.41) is 5.87. The average molecular weight is 191 g/mol. The predicted molar refractivity (Wildman–Crippen MR) is 56.5 cm³/mol. The Morgan fingerprint density at radius 3 is 3.00 bits per heavy atom. The molecule has 0 aliphatic carbocycles. The first-order chi connectivity index (χ1) is 6.70. The van der Waals surface area contributed by atoms with Gasteiger partial charge in [0.15, 0.2) is 0 Å². The Labute approximate surface area is 82.9 Å². The molecule has 0 radical (unpaired) electrons. The van der Waals surface area contributed by atoms with Gasteiger partial charge in [-0.2, -0.15) is 0 Å². The second kappa shape index (κ2) is 3.21. The normalized spacial score (nSPS) is 14.7. The van der Waals surface area contributed by atoms with Gasteiger partial charge in [0, 0.05) is 32.0 Å². The van der Waals surface area contributed by atoms with Crippen LogP contribution >= 0.6 is 0 Å². The molecule has 1 aromatic carbocycles. The number of carbonyl (C=O) groups excluding carboxylic acids is 1. The Morgan fingerprint density at radius 1 is 1.50 bits per heavy atom. The minimum Gasteiger partial charge on any atom is -0.388 e. The van der Waals surface area contributed by atoms with Crippen LogP contribution in [0.2, 0.25) is 0 Å². The number of carbonyl (C=O) groups is 1. The third-order valence-electron chi connectivity index (χ3n) is 2.39. The minimum atomic E-state index is -0.0502. The minimum absolute atomic E-state index is 0.0502. The zero-order chi connectivity index (χ0) is 10.1. The van der Waals surface area contributed by atoms with Crippen molar-refractivity contribution < 1.29 is 4.79 Å². The predicted octanol–water partition coefficient (Wildman–Crippen LogP) is 1.71. The Morgan fingerprint density at radius 2 is 2.29 bits per heavy atom. The van der Waals surface area contributed by atoms with Crippen molar-refractivity contribution in [3.63, 3.8) is 0 Å². The average Bonchev–Trinajstić information content (AvgIpc) is 2.19. The fourth-order valence-electron chi connectivity index (χ4n) is 1.52. The van der Waals surface area contributed by atoms with E-state index in [-0.39, 0.29) is 6.03 Å². The lowest BCUT2D eigenvalue weighted by Crippen LogP contribution is -2.35. The maximum Gasteiger partial charge on any atom is 0.321 e. The fourth-order valence-corrected chi connectivity index (χ4v) is 1.52. The van der Waals surface area contributed by atoms with E-state index in [1.807, 2.05) is 25.2 Å². The van der Waals surface area contributed by atoms with Crippen LogP contribution in [0, 0.1) is 0 Å². The van der Waals surface area contributed by atoms with Gasteiger partial charge in [0.2, 0.25) is 0 Å². The van der Waals surface area contributed by atoms with Crippen molar-refractivity contribution in [3.8, 4) is 0 Å². The van der Waals surface area contributed by atoms with E-state index in [4.69, 9.17) is 0 Å². The van der Waals surface area contributed by atoms with Crippen LogP contribution in [0.25, 0.3) is 0 Å². The lowest BCUT2D eigenvalue weighted by molar-refractivity contribution is 0.218. The molecule has 1 aromatic rings. The van der Waals surface area contributed by atoms with E-state index in [1.54, 1.807) is 11.9 Å². The lowest BCUT2D eigenvalue weighted by Gasteiger charge is -2.26. The molecule has 2 rings (SSSR count). The Kier molecular flexibility index (Phi) is 2.04. The molecule has 1 aliphatic heterocycles. The molecule has 2 N–H and O–H groups in total. The smallest absolute Gasteiger partial charge is 0.321 e. The first kappa shape index (κ1) is 8.87. The van der Waals surface area contributed by atoms with Crippen LogP contribution in [0.4, 0.5) is 16.2 Å². The second-order valence-electron chi connectivity index (χ2n) is 3.41. The van der Waals surface area contributed by atoms with E-state index in [0.717, 1.165) is 16.9 Å². The summed E-state index contributed by atoms with van der Waals surface area (Å²) in [6, 6.07) is 5.92. The summed E-state index contributed by atoms with van der Waals surface area (Å²) < 4.78 is 0. The molecule has 0 saturated carbocycles. The van der Waals surface area contributed by atoms with Crippen LogP contribution in [-0.4, -0.2) is 25.0 Å². The first-order valence-electron chi connectivity index (χ1n) is 4.53. The van der Waals surface area contributed by atoms with E-state index in [1.165, 1.54) is 0 Å². The third kappa shape index (κ3) is 1.39. The summed E-state index contributed by atoms with van der Waals surface area (Å²) in [6.45, 7) is 0.672. The topological polar surface area (TPSA) is 44.4 Å². The van der Waals surface area contributed by atoms with Gasteiger partial charge in [-0.25, -0.2) is 4.79 Å². The zero-order valence-corrected chi connectivity index (χ0v) is 8.29. The molecule has 4 nitrogen and oxygen atoms in total. The molecule has 0 atom stereocenters. The molecular formula is C10H13N3O. The van der Waals surface area contributed by atoms with Crippen LogP contribution < -0.4 is 10.6 Å². The number of benzene rings is 1. The van der Waals surface area contributed by atoms with E-state index >= 15 is 0 Å². The molecule has 0 fully saturated rings. The van der Waals surface area contributed by atoms with Crippen molar-refractivity contribution in [2.24, 2.45) is 0 Å². The van der Waals surface area contributed by atoms with Gasteiger partial charge in [0.05, 0.1) is 0 Å². The number of fused-ring (bicyclic) bond motifs is 1. The van der Waals surface area contributed by atoms with Crippen LogP contribution in [0.3, 0.4) is 0 Å². The summed E-state index contributed by atoms with van der Waals surface area (Å²) in [5.74, 6) is 0. The highest BCUT2D eigenvalue weighted by molar-refractivity contribution is 5.92. The molecule has 1 heterocycles. The van der Waals surface area contributed by atoms with Gasteiger partial charge in [-0.3, -0.25) is 0 Å². The zero-order valence-electron chi connectivity index (χ0n) is 8.29. The fraction of sp³-hybridized carbons (Fsp3) is 0.300. The maximum atomic E-state index is 11.4. The molecule has 0 bridgehead atoms. The standard InChI is InChI=1S/C10H13N3O/c1-11-8-4-3-7-6-13(2)10(14)12-9(7)5-8/h3-5,11H,6H2,1-2H3,(H,12,14). The van der Waals surface area contributed by atoms with Crippen molar-refractivity contribution >= 4 is 17.4 Å². The van der Waals surface area contributed by atoms with Gasteiger partial charge in [0.25, 0.3) is 0 Å². The number of amides is 2. The van der Waals surface area contributed by atoms with Crippen molar-refractivity contribution in [2.45, 2.75) is 6.54 Å². The highest BCUT2D eigenvalue weighted by Gasteiger charge is 2.18. The van der Waals surface area contributed by atoms with Gasteiger partial charge in [-0.1, -0.05) is 6.07 Å². The molecule has 0 aromatic heterocycles. The van der Waals surface area contributed by atoms with Crippen LogP contribution in [0.5, 0.6) is 0 Å². The molecular weight excluding hydrogens is 178 g/mol. The van der Waals surface area contributed by atoms with Gasteiger partial charge >= 0.3 is 6.03 Å². The molecule has 4 heteroatoms. The Hall–Kier alpha value is -1.71. The Balaban J connectivity index is 2.37. The summed E-state index contributed by atoms with van der Waals surface area (Å²) in [4.78, 5) is 13.0. The highest BCUT2D eigenvalue weighted by atomic mass is 16.2. The summed E-state index contributed by atoms with van der Waals surface area (Å²) in [6.07, 6.45) is 0. The SMILES string of the molecule is CNc1ccc2c(c1)NC(=O)N(C)C2. The van der Waals surface area contributed by atoms with Crippen molar-refractivity contribution in [3.05, 3.63) is 23.8 Å². The van der Waals surface area contributed by atoms with E-state index in [2.05, 4.69) is 10.6 Å². The number of nitrogens with zero attached hydrogens (tertiary/aromatic N) is 1. The Bertz CT molecular complexity index is 376. The number of nitrogens with one attached hydrogen (secondary N) is 2. The number of hydrogen-bond donors (Lipinski definition) is 2. The van der Waals surface area contributed by atoms with Crippen molar-refractivity contribution in [2.75, 3.05) is 24.7 Å². The molecule has 0 saturated heterocycles. The number of anilines is 2. The number of hydrogen-bond acceptors (Lipinski definition) is 2. The molecule has 0 unspecified atom stereocenters. The lowest BCUT2D eigenvalue weighted by atomic mass is 10.1. The summed E-state index contributed by atoms with van der Waals surface area (Å²) in [7, 11) is 3.64. The molecule has 74 valence electrons. The van der Waals surface area contributed by atoms with Gasteiger partial charge in [-0.15, -0.1) is 0 Å². The van der Waals surface area contributed by atoms with Crippen molar-refractivity contribution in [1.29, 1.82) is 0 Å². The highest BCUT2D eigenvalue weighted by Crippen LogP contribution is 2.25. The monoisotopic (exact) mass is 191 g/mol. The summed E-state index contributed by atoms with van der Waals surface area (Å²) in [5.41, 5.74) is 3.06. The number of urea groups is 1. The van der Waals surface area contributed by atoms with Crippen molar-refractivity contribution in [1.82, 2.24) is 4.90 Å². The third-order valence-corrected chi connectivity index (χ3v) is 2.39. The largest absolute Gasteiger partial charge is 0.388 e. The maximum absolute atomic E-state index is 11.4. The van der Waals surface area contributed by atoms with Gasteiger partial charge in [0.1, 0.15) is 0 Å². The molecule has 1 aliphatic rings. The molecule has 14 heavy (non-hydrogen) atoms. The summed E-state index contributed by atoms with van der Waals surface area (Å²) >= 11 is 0. The van der Waals surface area contributed by atoms with Gasteiger partial charge in [-0.05, 0) is 17.7 Å².